The summed E-state index contributed by atoms with van der Waals surface area (Å²) in [6.45, 7) is 2.34. The second kappa shape index (κ2) is 11.5. The first-order chi connectivity index (χ1) is 11.5. The molecule has 0 bridgehead atoms. The van der Waals surface area contributed by atoms with Gasteiger partial charge in [0.25, 0.3) is 0 Å². The van der Waals surface area contributed by atoms with Crippen molar-refractivity contribution in [2.45, 2.75) is 50.4 Å². The molecular weight excluding hydrogens is 520 g/mol. The van der Waals surface area contributed by atoms with Crippen molar-refractivity contribution in [1.29, 1.82) is 0 Å². The molecule has 4 nitrogen and oxygen atoms in total. The van der Waals surface area contributed by atoms with Crippen LogP contribution in [0.4, 0.5) is 4.39 Å². The van der Waals surface area contributed by atoms with E-state index in [2.05, 4.69) is 31.6 Å². The average Bonchev–Trinajstić information content (AvgIpc) is 2.60. The third-order valence-electron chi connectivity index (χ3n) is 4.30. The lowest BCUT2D eigenvalue weighted by molar-refractivity contribution is 0.413. The number of hydrogen-bond donors (Lipinski definition) is 2. The Morgan fingerprint density at radius 2 is 2.20 bits per heavy atom. The van der Waals surface area contributed by atoms with E-state index in [0.717, 1.165) is 30.2 Å². The van der Waals surface area contributed by atoms with Gasteiger partial charge in [0, 0.05) is 51.5 Å². The van der Waals surface area contributed by atoms with Crippen LogP contribution in [0.1, 0.15) is 38.2 Å². The Labute approximate surface area is 177 Å². The smallest absolute Gasteiger partial charge is 0.191 e. The van der Waals surface area contributed by atoms with Crippen LogP contribution < -0.4 is 10.6 Å². The first-order valence-electron chi connectivity index (χ1n) is 8.31. The minimum absolute atomic E-state index is 0. The number of hydrogen-bond acceptors (Lipinski definition) is 2. The molecule has 3 atom stereocenters. The zero-order valence-corrected chi connectivity index (χ0v) is 19.3. The van der Waals surface area contributed by atoms with E-state index in [0.29, 0.717) is 23.8 Å². The molecule has 0 heterocycles. The van der Waals surface area contributed by atoms with Crippen molar-refractivity contribution in [2.24, 2.45) is 4.99 Å². The number of halogens is 3. The predicted octanol–water partition coefficient (Wildman–Crippen LogP) is 3.95. The summed E-state index contributed by atoms with van der Waals surface area (Å²) in [6, 6.07) is 5.15. The molecule has 1 fully saturated rings. The molecule has 1 aliphatic rings. The Kier molecular flexibility index (Phi) is 10.5. The summed E-state index contributed by atoms with van der Waals surface area (Å²) in [6.07, 6.45) is 4.05. The summed E-state index contributed by atoms with van der Waals surface area (Å²) in [7, 11) is 0.960. The molecule has 0 radical (unpaired) electrons. The fourth-order valence-electron chi connectivity index (χ4n) is 3.00. The van der Waals surface area contributed by atoms with E-state index in [4.69, 9.17) is 0 Å². The number of benzene rings is 1. The Morgan fingerprint density at radius 1 is 1.44 bits per heavy atom. The van der Waals surface area contributed by atoms with Crippen molar-refractivity contribution in [2.75, 3.05) is 12.8 Å². The van der Waals surface area contributed by atoms with Gasteiger partial charge in [0.1, 0.15) is 5.82 Å². The number of nitrogens with one attached hydrogen (secondary N) is 2. The molecule has 0 amide bonds. The molecular formula is C17H26BrFIN3OS. The van der Waals surface area contributed by atoms with Crippen LogP contribution in [-0.2, 0) is 17.3 Å². The van der Waals surface area contributed by atoms with E-state index in [-0.39, 0.29) is 41.1 Å². The number of guanidine groups is 1. The van der Waals surface area contributed by atoms with E-state index in [1.807, 2.05) is 6.92 Å². The van der Waals surface area contributed by atoms with Gasteiger partial charge in [-0.05, 0) is 37.5 Å². The van der Waals surface area contributed by atoms with E-state index in [1.165, 1.54) is 6.07 Å². The molecule has 2 rings (SSSR count). The maximum atomic E-state index is 13.8. The molecule has 8 heteroatoms. The molecule has 142 valence electrons. The first kappa shape index (κ1) is 22.8. The Morgan fingerprint density at radius 3 is 2.88 bits per heavy atom. The molecule has 25 heavy (non-hydrogen) atoms. The highest BCUT2D eigenvalue weighted by Gasteiger charge is 2.26. The largest absolute Gasteiger partial charge is 0.354 e. The summed E-state index contributed by atoms with van der Waals surface area (Å²) in [5.74, 6) is 1.13. The van der Waals surface area contributed by atoms with Crippen LogP contribution in [-0.4, -0.2) is 34.3 Å². The van der Waals surface area contributed by atoms with Gasteiger partial charge in [-0.15, -0.1) is 24.0 Å². The zero-order chi connectivity index (χ0) is 17.5. The minimum atomic E-state index is -0.745. The summed E-state index contributed by atoms with van der Waals surface area (Å²) >= 11 is 3.36. The van der Waals surface area contributed by atoms with Crippen LogP contribution in [0, 0.1) is 5.82 Å². The third kappa shape index (κ3) is 7.13. The summed E-state index contributed by atoms with van der Waals surface area (Å²) in [4.78, 5) is 4.22. The van der Waals surface area contributed by atoms with Gasteiger partial charge in [0.2, 0.25) is 0 Å². The summed E-state index contributed by atoms with van der Waals surface area (Å²) < 4.78 is 26.7. The van der Waals surface area contributed by atoms with Crippen LogP contribution in [0.3, 0.4) is 0 Å². The Balaban J connectivity index is 0.00000312. The molecule has 1 aromatic carbocycles. The lowest BCUT2D eigenvalue weighted by Gasteiger charge is -2.30. The molecule has 1 aliphatic carbocycles. The van der Waals surface area contributed by atoms with Crippen LogP contribution in [0.5, 0.6) is 0 Å². The summed E-state index contributed by atoms with van der Waals surface area (Å²) in [5.41, 5.74) is 0.584. The van der Waals surface area contributed by atoms with Crippen molar-refractivity contribution >= 4 is 56.7 Å². The van der Waals surface area contributed by atoms with Gasteiger partial charge in [0.05, 0.1) is 0 Å². The first-order valence-corrected chi connectivity index (χ1v) is 10.5. The molecule has 1 aromatic rings. The lowest BCUT2D eigenvalue weighted by atomic mass is 9.95. The highest BCUT2D eigenvalue weighted by Crippen LogP contribution is 2.23. The second-order valence-corrected chi connectivity index (χ2v) is 8.88. The fraction of sp³-hybridized carbons (Fsp3) is 0.588. The number of nitrogens with zero attached hydrogens (tertiary/aromatic N) is 1. The van der Waals surface area contributed by atoms with Crippen LogP contribution in [0.2, 0.25) is 0 Å². The van der Waals surface area contributed by atoms with E-state index < -0.39 is 10.8 Å². The van der Waals surface area contributed by atoms with Gasteiger partial charge in [-0.1, -0.05) is 29.3 Å². The van der Waals surface area contributed by atoms with Crippen molar-refractivity contribution in [3.8, 4) is 0 Å². The second-order valence-electron chi connectivity index (χ2n) is 5.96. The van der Waals surface area contributed by atoms with Gasteiger partial charge in [-0.3, -0.25) is 9.20 Å². The molecule has 2 N–H and O–H groups in total. The quantitative estimate of drug-likeness (QED) is 0.334. The molecule has 3 unspecified atom stereocenters. The van der Waals surface area contributed by atoms with Gasteiger partial charge in [0.15, 0.2) is 5.96 Å². The third-order valence-corrected chi connectivity index (χ3v) is 6.53. The van der Waals surface area contributed by atoms with Gasteiger partial charge >= 0.3 is 0 Å². The lowest BCUT2D eigenvalue weighted by Crippen LogP contribution is -2.46. The van der Waals surface area contributed by atoms with Gasteiger partial charge in [-0.2, -0.15) is 0 Å². The average molecular weight is 546 g/mol. The highest BCUT2D eigenvalue weighted by molar-refractivity contribution is 14.0. The van der Waals surface area contributed by atoms with Gasteiger partial charge in [-0.25, -0.2) is 4.39 Å². The maximum Gasteiger partial charge on any atom is 0.191 e. The fourth-order valence-corrected chi connectivity index (χ4v) is 4.75. The standard InChI is InChI=1S/C17H25BrFN3OS.HI/c1-3-24(23)15-6-4-5-14(10-15)22-17(20-2)21-11-12-9-13(18)7-8-16(12)19;/h7-9,14-15H,3-6,10-11H2,1-2H3,(H2,20,21,22);1H. The van der Waals surface area contributed by atoms with Crippen molar-refractivity contribution in [3.63, 3.8) is 0 Å². The van der Waals surface area contributed by atoms with Crippen molar-refractivity contribution in [3.05, 3.63) is 34.1 Å². The van der Waals surface area contributed by atoms with E-state index >= 15 is 0 Å². The molecule has 0 aliphatic heterocycles. The van der Waals surface area contributed by atoms with E-state index in [1.54, 1.807) is 19.2 Å². The summed E-state index contributed by atoms with van der Waals surface area (Å²) in [5, 5.41) is 6.82. The molecule has 0 aromatic heterocycles. The van der Waals surface area contributed by atoms with Crippen LogP contribution in [0.15, 0.2) is 27.7 Å². The molecule has 0 saturated heterocycles. The number of rotatable bonds is 5. The predicted molar refractivity (Wildman–Crippen MR) is 118 cm³/mol. The van der Waals surface area contributed by atoms with Crippen LogP contribution in [0.25, 0.3) is 0 Å². The van der Waals surface area contributed by atoms with Gasteiger partial charge < -0.3 is 10.6 Å². The molecule has 0 spiro atoms. The monoisotopic (exact) mass is 545 g/mol. The molecule has 1 saturated carbocycles. The topological polar surface area (TPSA) is 53.5 Å². The van der Waals surface area contributed by atoms with Crippen LogP contribution >= 0.6 is 39.9 Å². The Bertz CT molecular complexity index is 618. The maximum absolute atomic E-state index is 13.8. The Hall–Kier alpha value is -0.220. The minimum Gasteiger partial charge on any atom is -0.354 e. The number of aliphatic imine (C=N–C) groups is 1. The SMILES string of the molecule is CCS(=O)C1CCCC(NC(=NC)NCc2cc(Br)ccc2F)C1.I. The van der Waals surface area contributed by atoms with E-state index in [9.17, 15) is 8.60 Å². The highest BCUT2D eigenvalue weighted by atomic mass is 127. The zero-order valence-electron chi connectivity index (χ0n) is 14.6. The van der Waals surface area contributed by atoms with Crippen molar-refractivity contribution < 1.29 is 8.60 Å². The van der Waals surface area contributed by atoms with Crippen molar-refractivity contribution in [1.82, 2.24) is 10.6 Å². The normalized spacial score (nSPS) is 22.0.